The highest BCUT2D eigenvalue weighted by molar-refractivity contribution is 6.31. The lowest BCUT2D eigenvalue weighted by atomic mass is 10.1. The predicted molar refractivity (Wildman–Crippen MR) is 94.5 cm³/mol. The smallest absolute Gasteiger partial charge is 0.265 e. The van der Waals surface area contributed by atoms with Crippen LogP contribution in [0.15, 0.2) is 42.5 Å². The molecule has 0 aliphatic heterocycles. The molecule has 126 valence electrons. The molecule has 0 aliphatic rings. The molecule has 2 amide bonds. The van der Waals surface area contributed by atoms with E-state index in [1.165, 1.54) is 0 Å². The van der Waals surface area contributed by atoms with Crippen LogP contribution in [-0.4, -0.2) is 17.9 Å². The fourth-order valence-corrected chi connectivity index (χ4v) is 2.37. The number of primary amides is 1. The number of hydrogen-bond donors (Lipinski definition) is 2. The van der Waals surface area contributed by atoms with Gasteiger partial charge in [0.15, 0.2) is 6.10 Å². The van der Waals surface area contributed by atoms with Crippen molar-refractivity contribution in [3.8, 4) is 5.75 Å². The Balaban J connectivity index is 2.00. The van der Waals surface area contributed by atoms with E-state index in [4.69, 9.17) is 22.1 Å². The van der Waals surface area contributed by atoms with Crippen LogP contribution < -0.4 is 15.8 Å². The summed E-state index contributed by atoms with van der Waals surface area (Å²) in [6.45, 7) is 3.66. The van der Waals surface area contributed by atoms with Gasteiger partial charge in [-0.1, -0.05) is 18.5 Å². The van der Waals surface area contributed by atoms with Crippen LogP contribution in [0.3, 0.4) is 0 Å². The zero-order chi connectivity index (χ0) is 17.7. The molecular formula is C18H19ClN2O3. The Morgan fingerprint density at radius 1 is 1.21 bits per heavy atom. The first-order valence-electron chi connectivity index (χ1n) is 7.56. The number of carbonyl (C=O) groups excluding carboxylic acids is 2. The summed E-state index contributed by atoms with van der Waals surface area (Å²) in [6, 6.07) is 11.6. The van der Waals surface area contributed by atoms with Crippen LogP contribution in [0.5, 0.6) is 5.75 Å². The van der Waals surface area contributed by atoms with Gasteiger partial charge in [0, 0.05) is 16.3 Å². The van der Waals surface area contributed by atoms with Crippen LogP contribution in [0.4, 0.5) is 5.69 Å². The highest BCUT2D eigenvalue weighted by Crippen LogP contribution is 2.23. The van der Waals surface area contributed by atoms with Crippen molar-refractivity contribution in [3.05, 3.63) is 58.6 Å². The van der Waals surface area contributed by atoms with Crippen molar-refractivity contribution >= 4 is 29.1 Å². The van der Waals surface area contributed by atoms with E-state index in [9.17, 15) is 9.59 Å². The number of carbonyl (C=O) groups is 2. The van der Waals surface area contributed by atoms with E-state index in [0.717, 1.165) is 12.0 Å². The van der Waals surface area contributed by atoms with E-state index < -0.39 is 12.0 Å². The van der Waals surface area contributed by atoms with Gasteiger partial charge in [-0.3, -0.25) is 9.59 Å². The lowest BCUT2D eigenvalue weighted by Crippen LogP contribution is -2.30. The summed E-state index contributed by atoms with van der Waals surface area (Å²) in [5, 5.41) is 3.40. The molecule has 5 nitrogen and oxygen atoms in total. The fraction of sp³-hybridized carbons (Fsp3) is 0.222. The maximum absolute atomic E-state index is 12.2. The van der Waals surface area contributed by atoms with Gasteiger partial charge in [-0.15, -0.1) is 0 Å². The maximum Gasteiger partial charge on any atom is 0.265 e. The van der Waals surface area contributed by atoms with E-state index in [2.05, 4.69) is 5.32 Å². The molecule has 0 heterocycles. The Bertz CT molecular complexity index is 744. The van der Waals surface area contributed by atoms with Gasteiger partial charge in [-0.2, -0.15) is 0 Å². The molecule has 0 aromatic heterocycles. The van der Waals surface area contributed by atoms with Crippen molar-refractivity contribution in [2.24, 2.45) is 5.73 Å². The third-order valence-electron chi connectivity index (χ3n) is 3.52. The standard InChI is InChI=1S/C18H19ClN2O3/c1-3-12-10-15(8-9-16(12)19)24-11(2)18(23)21-14-6-4-13(5-7-14)17(20)22/h4-11H,3H2,1-2H3,(H2,20,22)(H,21,23). The van der Waals surface area contributed by atoms with Gasteiger partial charge in [0.1, 0.15) is 5.75 Å². The van der Waals surface area contributed by atoms with Crippen LogP contribution in [0, 0.1) is 0 Å². The van der Waals surface area contributed by atoms with Crippen LogP contribution in [0.25, 0.3) is 0 Å². The molecule has 0 aliphatic carbocycles. The summed E-state index contributed by atoms with van der Waals surface area (Å²) in [5.41, 5.74) is 7.08. The summed E-state index contributed by atoms with van der Waals surface area (Å²) in [6.07, 6.45) is 0.0923. The van der Waals surface area contributed by atoms with Gasteiger partial charge < -0.3 is 15.8 Å². The molecule has 2 aromatic rings. The number of nitrogens with one attached hydrogen (secondary N) is 1. The highest BCUT2D eigenvalue weighted by atomic mass is 35.5. The Morgan fingerprint density at radius 2 is 1.88 bits per heavy atom. The Kier molecular flexibility index (Phi) is 5.82. The second-order valence-electron chi connectivity index (χ2n) is 5.30. The van der Waals surface area contributed by atoms with Gasteiger partial charge in [-0.25, -0.2) is 0 Å². The minimum atomic E-state index is -0.688. The molecule has 0 saturated heterocycles. The largest absolute Gasteiger partial charge is 0.481 e. The molecule has 0 fully saturated rings. The molecule has 1 unspecified atom stereocenters. The number of anilines is 1. The second kappa shape index (κ2) is 7.84. The maximum atomic E-state index is 12.2. The van der Waals surface area contributed by atoms with E-state index in [1.807, 2.05) is 13.0 Å². The third-order valence-corrected chi connectivity index (χ3v) is 3.89. The van der Waals surface area contributed by atoms with E-state index >= 15 is 0 Å². The molecule has 2 aromatic carbocycles. The summed E-state index contributed by atoms with van der Waals surface area (Å²) >= 11 is 6.07. The molecule has 3 N–H and O–H groups in total. The van der Waals surface area contributed by atoms with Crippen molar-refractivity contribution in [2.75, 3.05) is 5.32 Å². The molecule has 0 saturated carbocycles. The zero-order valence-corrected chi connectivity index (χ0v) is 14.3. The van der Waals surface area contributed by atoms with Gasteiger partial charge in [0.2, 0.25) is 5.91 Å². The number of rotatable bonds is 6. The van der Waals surface area contributed by atoms with Gasteiger partial charge >= 0.3 is 0 Å². The summed E-state index contributed by atoms with van der Waals surface area (Å²) in [5.74, 6) is -0.225. The number of hydrogen-bond acceptors (Lipinski definition) is 3. The Hall–Kier alpha value is -2.53. The van der Waals surface area contributed by atoms with Crippen LogP contribution >= 0.6 is 11.6 Å². The lowest BCUT2D eigenvalue weighted by Gasteiger charge is -2.16. The quantitative estimate of drug-likeness (QED) is 0.841. The average Bonchev–Trinajstić information content (AvgIpc) is 2.57. The predicted octanol–water partition coefficient (Wildman–Crippen LogP) is 3.41. The minimum Gasteiger partial charge on any atom is -0.481 e. The van der Waals surface area contributed by atoms with E-state index in [-0.39, 0.29) is 5.91 Å². The zero-order valence-electron chi connectivity index (χ0n) is 13.5. The molecule has 0 bridgehead atoms. The van der Waals surface area contributed by atoms with Crippen LogP contribution in [0.2, 0.25) is 5.02 Å². The van der Waals surface area contributed by atoms with E-state index in [0.29, 0.717) is 22.0 Å². The Labute approximate surface area is 145 Å². The van der Waals surface area contributed by atoms with E-state index in [1.54, 1.807) is 43.3 Å². The first-order chi connectivity index (χ1) is 11.4. The number of ether oxygens (including phenoxy) is 1. The van der Waals surface area contributed by atoms with Gasteiger partial charge in [-0.05, 0) is 61.4 Å². The molecular weight excluding hydrogens is 328 g/mol. The first kappa shape index (κ1) is 17.8. The molecule has 0 spiro atoms. The van der Waals surface area contributed by atoms with Crippen molar-refractivity contribution in [2.45, 2.75) is 26.4 Å². The normalized spacial score (nSPS) is 11.6. The topological polar surface area (TPSA) is 81.4 Å². The van der Waals surface area contributed by atoms with Crippen molar-refractivity contribution in [1.29, 1.82) is 0 Å². The number of nitrogens with two attached hydrogens (primary N) is 1. The second-order valence-corrected chi connectivity index (χ2v) is 5.70. The minimum absolute atomic E-state index is 0.296. The third kappa shape index (κ3) is 4.49. The summed E-state index contributed by atoms with van der Waals surface area (Å²) in [7, 11) is 0. The summed E-state index contributed by atoms with van der Waals surface area (Å²) in [4.78, 5) is 23.2. The molecule has 1 atom stereocenters. The van der Waals surface area contributed by atoms with Crippen molar-refractivity contribution < 1.29 is 14.3 Å². The monoisotopic (exact) mass is 346 g/mol. The summed E-state index contributed by atoms with van der Waals surface area (Å²) < 4.78 is 5.66. The molecule has 24 heavy (non-hydrogen) atoms. The molecule has 2 rings (SSSR count). The Morgan fingerprint density at radius 3 is 2.46 bits per heavy atom. The molecule has 6 heteroatoms. The van der Waals surface area contributed by atoms with Crippen molar-refractivity contribution in [1.82, 2.24) is 0 Å². The SMILES string of the molecule is CCc1cc(OC(C)C(=O)Nc2ccc(C(N)=O)cc2)ccc1Cl. The number of benzene rings is 2. The number of halogens is 1. The highest BCUT2D eigenvalue weighted by Gasteiger charge is 2.15. The van der Waals surface area contributed by atoms with Crippen LogP contribution in [0.1, 0.15) is 29.8 Å². The van der Waals surface area contributed by atoms with Gasteiger partial charge in [0.25, 0.3) is 5.91 Å². The first-order valence-corrected chi connectivity index (χ1v) is 7.94. The van der Waals surface area contributed by atoms with Crippen LogP contribution in [-0.2, 0) is 11.2 Å². The molecule has 0 radical (unpaired) electrons. The number of aryl methyl sites for hydroxylation is 1. The number of amides is 2. The fourth-order valence-electron chi connectivity index (χ4n) is 2.11. The van der Waals surface area contributed by atoms with Crippen molar-refractivity contribution in [3.63, 3.8) is 0 Å². The average molecular weight is 347 g/mol. The lowest BCUT2D eigenvalue weighted by molar-refractivity contribution is -0.122. The van der Waals surface area contributed by atoms with Gasteiger partial charge in [0.05, 0.1) is 0 Å².